The molecular weight excluding hydrogens is 496 g/mol. The Bertz CT molecular complexity index is 1080. The van der Waals surface area contributed by atoms with E-state index in [1.165, 1.54) is 41.6 Å². The number of terminal acetylenes is 1. The van der Waals surface area contributed by atoms with E-state index >= 15 is 0 Å². The first kappa shape index (κ1) is 30.7. The number of hydrogen-bond acceptors (Lipinski definition) is 3. The average Bonchev–Trinajstić information content (AvgIpc) is 2.96. The lowest BCUT2D eigenvalue weighted by Gasteiger charge is -2.44. The molecule has 39 heavy (non-hydrogen) atoms. The first-order valence-electron chi connectivity index (χ1n) is 14.4. The maximum atomic E-state index is 7.12. The zero-order valence-corrected chi connectivity index (χ0v) is 25.3. The van der Waals surface area contributed by atoms with Crippen molar-refractivity contribution < 1.29 is 13.9 Å². The van der Waals surface area contributed by atoms with Gasteiger partial charge in [0.15, 0.2) is 0 Å². The van der Waals surface area contributed by atoms with Crippen molar-refractivity contribution in [3.63, 3.8) is 0 Å². The topological polar surface area (TPSA) is 27.7 Å². The van der Waals surface area contributed by atoms with Gasteiger partial charge >= 0.3 is 0 Å². The summed E-state index contributed by atoms with van der Waals surface area (Å²) < 4.78 is 18.2. The van der Waals surface area contributed by atoms with Gasteiger partial charge in [0.2, 0.25) is 0 Å². The Balaban J connectivity index is 1.45. The van der Waals surface area contributed by atoms with E-state index in [2.05, 4.69) is 99.5 Å². The van der Waals surface area contributed by atoms with E-state index in [1.807, 2.05) is 12.1 Å². The second-order valence-corrected chi connectivity index (χ2v) is 15.5. The molecule has 0 radical (unpaired) electrons. The molecule has 0 amide bonds. The summed E-state index contributed by atoms with van der Waals surface area (Å²) in [5.74, 6) is 3.88. The van der Waals surface area contributed by atoms with Crippen LogP contribution >= 0.6 is 0 Å². The molecule has 0 bridgehead atoms. The van der Waals surface area contributed by atoms with Crippen molar-refractivity contribution in [2.24, 2.45) is 0 Å². The van der Waals surface area contributed by atoms with E-state index in [0.717, 1.165) is 31.6 Å². The van der Waals surface area contributed by atoms with Crippen LogP contribution in [0.5, 0.6) is 5.75 Å². The fourth-order valence-electron chi connectivity index (χ4n) is 5.23. The van der Waals surface area contributed by atoms with E-state index in [9.17, 15) is 0 Å². The Morgan fingerprint density at radius 2 is 1.28 bits per heavy atom. The molecule has 0 fully saturated rings. The summed E-state index contributed by atoms with van der Waals surface area (Å²) in [4.78, 5) is 0. The summed E-state index contributed by atoms with van der Waals surface area (Å²) in [6.07, 6.45) is 13.8. The third kappa shape index (κ3) is 8.83. The summed E-state index contributed by atoms with van der Waals surface area (Å²) in [6, 6.07) is 29.5. The highest BCUT2D eigenvalue weighted by atomic mass is 28.4. The maximum absolute atomic E-state index is 7.12. The first-order chi connectivity index (χ1) is 18.9. The van der Waals surface area contributed by atoms with Crippen molar-refractivity contribution in [1.82, 2.24) is 0 Å². The number of rotatable bonds is 16. The van der Waals surface area contributed by atoms with E-state index < -0.39 is 8.32 Å². The van der Waals surface area contributed by atoms with Gasteiger partial charge in [-0.2, -0.15) is 0 Å². The van der Waals surface area contributed by atoms with Crippen molar-refractivity contribution in [3.05, 3.63) is 90.5 Å². The number of benzene rings is 3. The molecule has 3 aromatic carbocycles. The highest BCUT2D eigenvalue weighted by Gasteiger charge is 2.51. The lowest BCUT2D eigenvalue weighted by atomic mass is 10.1. The van der Waals surface area contributed by atoms with Gasteiger partial charge in [-0.25, -0.2) is 0 Å². The van der Waals surface area contributed by atoms with Crippen LogP contribution in [-0.2, 0) is 15.8 Å². The molecule has 0 saturated heterocycles. The van der Waals surface area contributed by atoms with Crippen molar-refractivity contribution in [2.75, 3.05) is 13.7 Å². The van der Waals surface area contributed by atoms with E-state index in [1.54, 1.807) is 7.11 Å². The van der Waals surface area contributed by atoms with E-state index in [-0.39, 0.29) is 11.1 Å². The Labute approximate surface area is 238 Å². The summed E-state index contributed by atoms with van der Waals surface area (Å²) in [5.41, 5.74) is 1.18. The fourth-order valence-corrected chi connectivity index (χ4v) is 9.86. The van der Waals surface area contributed by atoms with Gasteiger partial charge in [-0.3, -0.25) is 0 Å². The van der Waals surface area contributed by atoms with Crippen LogP contribution < -0.4 is 15.1 Å². The van der Waals surface area contributed by atoms with Gasteiger partial charge < -0.3 is 13.9 Å². The number of methoxy groups -OCH3 is 1. The van der Waals surface area contributed by atoms with Gasteiger partial charge in [0.05, 0.1) is 13.7 Å². The SMILES string of the molecule is C#C[C@H](CCCCCCCCOCc1ccc(OC)cc1)O[Si](c1ccccc1)(c1ccccc1)C(C)(C)C. The molecule has 208 valence electrons. The predicted molar refractivity (Wildman–Crippen MR) is 166 cm³/mol. The Morgan fingerprint density at radius 3 is 1.79 bits per heavy atom. The molecule has 3 aromatic rings. The van der Waals surface area contributed by atoms with Crippen molar-refractivity contribution in [2.45, 2.75) is 83.5 Å². The molecule has 0 aromatic heterocycles. The molecule has 0 heterocycles. The van der Waals surface area contributed by atoms with Crippen LogP contribution in [0.15, 0.2) is 84.9 Å². The third-order valence-corrected chi connectivity index (χ3v) is 12.4. The Kier molecular flexibility index (Phi) is 12.3. The lowest BCUT2D eigenvalue weighted by Crippen LogP contribution is -2.67. The number of hydrogen-bond donors (Lipinski definition) is 0. The Morgan fingerprint density at radius 1 is 0.744 bits per heavy atom. The molecular formula is C35H46O3Si. The van der Waals surface area contributed by atoms with Gasteiger partial charge in [-0.05, 0) is 52.4 Å². The molecule has 0 spiro atoms. The average molecular weight is 543 g/mol. The maximum Gasteiger partial charge on any atom is 0.262 e. The van der Waals surface area contributed by atoms with Crippen LogP contribution in [0.2, 0.25) is 5.04 Å². The smallest absolute Gasteiger partial charge is 0.262 e. The predicted octanol–water partition coefficient (Wildman–Crippen LogP) is 7.52. The zero-order chi connectivity index (χ0) is 28.0. The summed E-state index contributed by atoms with van der Waals surface area (Å²) in [5, 5.41) is 2.48. The molecule has 1 atom stereocenters. The molecule has 3 rings (SSSR count). The van der Waals surface area contributed by atoms with E-state index in [4.69, 9.17) is 20.3 Å². The van der Waals surface area contributed by atoms with Crippen LogP contribution in [-0.4, -0.2) is 28.1 Å². The largest absolute Gasteiger partial charge is 0.497 e. The van der Waals surface area contributed by atoms with Gasteiger partial charge in [-0.1, -0.05) is 125 Å². The minimum Gasteiger partial charge on any atom is -0.497 e. The monoisotopic (exact) mass is 542 g/mol. The quantitative estimate of drug-likeness (QED) is 0.106. The molecule has 0 aliphatic carbocycles. The van der Waals surface area contributed by atoms with Crippen molar-refractivity contribution in [3.8, 4) is 18.1 Å². The van der Waals surface area contributed by atoms with Gasteiger partial charge in [0.1, 0.15) is 11.9 Å². The van der Waals surface area contributed by atoms with E-state index in [0.29, 0.717) is 6.61 Å². The normalized spacial score (nSPS) is 12.6. The second-order valence-electron chi connectivity index (χ2n) is 11.2. The van der Waals surface area contributed by atoms with Crippen LogP contribution in [0.3, 0.4) is 0 Å². The highest BCUT2D eigenvalue weighted by molar-refractivity contribution is 6.99. The lowest BCUT2D eigenvalue weighted by molar-refractivity contribution is 0.116. The third-order valence-electron chi connectivity index (χ3n) is 7.35. The fraction of sp³-hybridized carbons (Fsp3) is 0.429. The standard InChI is InChI=1S/C35H46O3Si/c1-6-31(19-13-9-7-8-10-18-28-37-29-30-24-26-32(36-5)27-25-30)38-39(35(2,3)4,33-20-14-11-15-21-33)34-22-16-12-17-23-34/h1,11-12,14-17,20-27,31H,7-10,13,18-19,28-29H2,2-5H3/t31-/m1/s1. The second kappa shape index (κ2) is 15.7. The number of ether oxygens (including phenoxy) is 2. The summed E-state index contributed by atoms with van der Waals surface area (Å²) >= 11 is 0. The molecule has 0 unspecified atom stereocenters. The van der Waals surface area contributed by atoms with Crippen LogP contribution in [0, 0.1) is 12.3 Å². The number of unbranched alkanes of at least 4 members (excludes halogenated alkanes) is 5. The van der Waals surface area contributed by atoms with Gasteiger partial charge in [0.25, 0.3) is 8.32 Å². The molecule has 0 aliphatic heterocycles. The van der Waals surface area contributed by atoms with Crippen LogP contribution in [0.4, 0.5) is 0 Å². The highest BCUT2D eigenvalue weighted by Crippen LogP contribution is 2.38. The molecule has 0 N–H and O–H groups in total. The van der Waals surface area contributed by atoms with Crippen LogP contribution in [0.25, 0.3) is 0 Å². The van der Waals surface area contributed by atoms with Crippen molar-refractivity contribution >= 4 is 18.7 Å². The first-order valence-corrected chi connectivity index (χ1v) is 16.3. The summed E-state index contributed by atoms with van der Waals surface area (Å²) in [6.45, 7) is 8.36. The Hall–Kier alpha value is -2.84. The summed E-state index contributed by atoms with van der Waals surface area (Å²) in [7, 11) is -0.935. The van der Waals surface area contributed by atoms with Crippen molar-refractivity contribution in [1.29, 1.82) is 0 Å². The minimum absolute atomic E-state index is 0.0692. The van der Waals surface area contributed by atoms with Crippen LogP contribution in [0.1, 0.15) is 71.3 Å². The molecule has 0 aliphatic rings. The molecule has 0 saturated carbocycles. The van der Waals surface area contributed by atoms with Gasteiger partial charge in [0, 0.05) is 6.61 Å². The molecule has 4 heteroatoms. The zero-order valence-electron chi connectivity index (χ0n) is 24.3. The molecule has 3 nitrogen and oxygen atoms in total. The minimum atomic E-state index is -2.62. The van der Waals surface area contributed by atoms with Gasteiger partial charge in [-0.15, -0.1) is 6.42 Å².